The molecular weight excluding hydrogens is 486 g/mol. The van der Waals surface area contributed by atoms with Crippen molar-refractivity contribution in [3.05, 3.63) is 12.7 Å². The lowest BCUT2D eigenvalue weighted by atomic mass is 10.1. The maximum atomic E-state index is 12.1. The average molecular weight is 510 g/mol. The van der Waals surface area contributed by atoms with Crippen molar-refractivity contribution < 1.29 is 47.2 Å². The first kappa shape index (κ1) is 24.6. The monoisotopic (exact) mass is 510 g/mol. The van der Waals surface area contributed by atoms with Crippen LogP contribution in [0.4, 0.5) is 5.82 Å². The highest BCUT2D eigenvalue weighted by Crippen LogP contribution is 2.60. The Morgan fingerprint density at radius 1 is 1.15 bits per heavy atom. The Hall–Kier alpha value is -1.55. The van der Waals surface area contributed by atoms with Crippen molar-refractivity contribution in [1.29, 1.82) is 0 Å². The number of hydrogen-bond donors (Lipinski definition) is 6. The molecule has 2 aromatic rings. The van der Waals surface area contributed by atoms with Gasteiger partial charge >= 0.3 is 15.6 Å². The lowest BCUT2D eigenvalue weighted by Crippen LogP contribution is -2.33. The fraction of sp³-hybridized carbons (Fsp3) is 0.667. The van der Waals surface area contributed by atoms with Gasteiger partial charge in [-0.15, -0.1) is 0 Å². The molecule has 18 heteroatoms. The molecule has 4 unspecified atom stereocenters. The van der Waals surface area contributed by atoms with Crippen LogP contribution in [0.25, 0.3) is 11.2 Å². The molecule has 2 aliphatic heterocycles. The van der Waals surface area contributed by atoms with Crippen molar-refractivity contribution >= 4 is 32.6 Å². The molecule has 4 rings (SSSR count). The number of fused-ring (bicyclic) bond motifs is 1. The normalized spacial score (nSPS) is 31.6. The third-order valence-corrected chi connectivity index (χ3v) is 7.81. The van der Waals surface area contributed by atoms with Gasteiger partial charge in [0.15, 0.2) is 17.7 Å². The Bertz CT molecular complexity index is 1080. The number of aliphatic hydroxyl groups excluding tert-OH is 2. The number of aromatic nitrogens is 4. The number of anilines is 1. The van der Waals surface area contributed by atoms with Gasteiger partial charge in [-0.25, -0.2) is 24.1 Å². The van der Waals surface area contributed by atoms with Crippen LogP contribution >= 0.6 is 15.6 Å². The zero-order valence-corrected chi connectivity index (χ0v) is 18.9. The van der Waals surface area contributed by atoms with Crippen molar-refractivity contribution in [1.82, 2.24) is 24.8 Å². The van der Waals surface area contributed by atoms with Crippen molar-refractivity contribution in [2.45, 2.75) is 43.4 Å². The SMILES string of the molecule is Nc1ncnc2c1ncn2C1O[C@H](COP(=O)(O)OP(=O)(O)OCC2CCCN2)[C@@H](O)[C@H]1O. The van der Waals surface area contributed by atoms with Gasteiger partial charge in [0.2, 0.25) is 0 Å². The second-order valence-corrected chi connectivity index (χ2v) is 10.6. The predicted octanol–water partition coefficient (Wildman–Crippen LogP) is -0.970. The number of phosphoric ester groups is 2. The number of nitrogen functional groups attached to an aromatic ring is 1. The van der Waals surface area contributed by atoms with E-state index in [2.05, 4.69) is 24.6 Å². The molecule has 0 aromatic carbocycles. The number of nitrogens with two attached hydrogens (primary N) is 1. The highest BCUT2D eigenvalue weighted by molar-refractivity contribution is 7.61. The highest BCUT2D eigenvalue weighted by Gasteiger charge is 2.46. The number of aliphatic hydroxyl groups is 2. The van der Waals surface area contributed by atoms with Crippen LogP contribution in [0.3, 0.4) is 0 Å². The number of nitrogens with zero attached hydrogens (tertiary/aromatic N) is 4. The van der Waals surface area contributed by atoms with Crippen LogP contribution in [0.5, 0.6) is 0 Å². The molecule has 2 aromatic heterocycles. The predicted molar refractivity (Wildman–Crippen MR) is 109 cm³/mol. The smallest absolute Gasteiger partial charge is 0.387 e. The summed E-state index contributed by atoms with van der Waals surface area (Å²) in [6, 6.07) is -0.173. The quantitative estimate of drug-likeness (QED) is 0.223. The Morgan fingerprint density at radius 3 is 2.58 bits per heavy atom. The van der Waals surface area contributed by atoms with E-state index in [9.17, 15) is 29.1 Å². The van der Waals surface area contributed by atoms with E-state index in [-0.39, 0.29) is 29.6 Å². The van der Waals surface area contributed by atoms with Gasteiger partial charge in [0.25, 0.3) is 0 Å². The van der Waals surface area contributed by atoms with Gasteiger partial charge in [0.05, 0.1) is 19.5 Å². The number of ether oxygens (including phenoxy) is 1. The molecule has 0 spiro atoms. The zero-order chi connectivity index (χ0) is 23.8. The Morgan fingerprint density at radius 2 is 1.88 bits per heavy atom. The number of imidazole rings is 1. The number of nitrogens with one attached hydrogen (secondary N) is 1. The third kappa shape index (κ3) is 5.58. The van der Waals surface area contributed by atoms with Gasteiger partial charge in [-0.1, -0.05) is 0 Å². The van der Waals surface area contributed by atoms with Gasteiger partial charge < -0.3 is 35.8 Å². The first-order chi connectivity index (χ1) is 15.6. The first-order valence-corrected chi connectivity index (χ1v) is 12.9. The van der Waals surface area contributed by atoms with Gasteiger partial charge in [0.1, 0.15) is 30.2 Å². The topological polar surface area (TPSA) is 234 Å². The van der Waals surface area contributed by atoms with Gasteiger partial charge in [0, 0.05) is 6.04 Å². The molecule has 184 valence electrons. The van der Waals surface area contributed by atoms with E-state index >= 15 is 0 Å². The highest BCUT2D eigenvalue weighted by atomic mass is 31.3. The van der Waals surface area contributed by atoms with Gasteiger partial charge in [-0.2, -0.15) is 4.31 Å². The summed E-state index contributed by atoms with van der Waals surface area (Å²) in [6.07, 6.45) is -1.46. The van der Waals surface area contributed by atoms with Crippen molar-refractivity contribution in [2.75, 3.05) is 25.5 Å². The Kier molecular flexibility index (Phi) is 7.15. The van der Waals surface area contributed by atoms with E-state index in [1.54, 1.807) is 0 Å². The molecule has 2 aliphatic rings. The van der Waals surface area contributed by atoms with Crippen LogP contribution in [-0.2, 0) is 27.2 Å². The summed E-state index contributed by atoms with van der Waals surface area (Å²) in [6.45, 7) is -0.215. The summed E-state index contributed by atoms with van der Waals surface area (Å²) in [7, 11) is -10.00. The number of rotatable bonds is 9. The molecule has 0 radical (unpaired) electrons. The summed E-state index contributed by atoms with van der Waals surface area (Å²) >= 11 is 0. The third-order valence-electron chi connectivity index (χ3n) is 5.21. The molecule has 33 heavy (non-hydrogen) atoms. The van der Waals surface area contributed by atoms with Crippen molar-refractivity contribution in [3.63, 3.8) is 0 Å². The molecule has 0 saturated carbocycles. The first-order valence-electron chi connectivity index (χ1n) is 9.90. The molecule has 0 bridgehead atoms. The van der Waals surface area contributed by atoms with Gasteiger partial charge in [-0.05, 0) is 19.4 Å². The van der Waals surface area contributed by atoms with Crippen LogP contribution in [0, 0.1) is 0 Å². The summed E-state index contributed by atoms with van der Waals surface area (Å²) in [4.78, 5) is 31.4. The molecule has 0 amide bonds. The second kappa shape index (κ2) is 9.60. The lowest BCUT2D eigenvalue weighted by molar-refractivity contribution is -0.0504. The largest absolute Gasteiger partial charge is 0.481 e. The Balaban J connectivity index is 1.36. The van der Waals surface area contributed by atoms with Crippen LogP contribution in [-0.4, -0.2) is 83.6 Å². The van der Waals surface area contributed by atoms with Crippen molar-refractivity contribution in [3.8, 4) is 0 Å². The number of hydrogen-bond acceptors (Lipinski definition) is 13. The minimum Gasteiger partial charge on any atom is -0.387 e. The van der Waals surface area contributed by atoms with E-state index in [1.165, 1.54) is 17.2 Å². The Labute approximate surface area is 186 Å². The molecule has 0 aliphatic carbocycles. The standard InChI is InChI=1S/C15H24N6O10P2/c16-13-10-14(19-6-18-13)21(7-20-10)15-12(23)11(22)9(30-15)5-29-33(26,27)31-32(24,25)28-4-8-2-1-3-17-8/h6-9,11-12,15,17,22-23H,1-5H2,(H,24,25)(H,26,27)(H2,16,18,19)/t8?,9-,11-,12-,15?/m1/s1. The fourth-order valence-corrected chi connectivity index (χ4v) is 5.71. The summed E-state index contributed by atoms with van der Waals surface area (Å²) in [5, 5.41) is 23.7. The van der Waals surface area contributed by atoms with Crippen LogP contribution in [0.15, 0.2) is 12.7 Å². The van der Waals surface area contributed by atoms with Gasteiger partial charge in [-0.3, -0.25) is 13.6 Å². The van der Waals surface area contributed by atoms with E-state index < -0.39 is 46.8 Å². The molecule has 7 atom stereocenters. The molecule has 2 saturated heterocycles. The maximum Gasteiger partial charge on any atom is 0.481 e. The summed E-state index contributed by atoms with van der Waals surface area (Å²) in [5.74, 6) is 0.101. The van der Waals surface area contributed by atoms with Crippen molar-refractivity contribution in [2.24, 2.45) is 0 Å². The zero-order valence-electron chi connectivity index (χ0n) is 17.1. The van der Waals surface area contributed by atoms with Crippen LogP contribution in [0.1, 0.15) is 19.1 Å². The summed E-state index contributed by atoms with van der Waals surface area (Å²) < 4.78 is 44.7. The molecule has 7 N–H and O–H groups in total. The minimum atomic E-state index is -5.09. The molecular formula is C15H24N6O10P2. The summed E-state index contributed by atoms with van der Waals surface area (Å²) in [5.41, 5.74) is 6.21. The second-order valence-electron chi connectivity index (χ2n) is 7.53. The average Bonchev–Trinajstić information content (AvgIpc) is 3.46. The maximum absolute atomic E-state index is 12.1. The number of phosphoric acid groups is 2. The molecule has 16 nitrogen and oxygen atoms in total. The lowest BCUT2D eigenvalue weighted by Gasteiger charge is -2.20. The van der Waals surface area contributed by atoms with E-state index in [4.69, 9.17) is 19.5 Å². The van der Waals surface area contributed by atoms with Crippen LogP contribution < -0.4 is 11.1 Å². The van der Waals surface area contributed by atoms with E-state index in [1.807, 2.05) is 0 Å². The molecule has 4 heterocycles. The van der Waals surface area contributed by atoms with Crippen LogP contribution in [0.2, 0.25) is 0 Å². The fourth-order valence-electron chi connectivity index (χ4n) is 3.58. The molecule has 2 fully saturated rings. The van der Waals surface area contributed by atoms with E-state index in [0.29, 0.717) is 0 Å². The van der Waals surface area contributed by atoms with E-state index in [0.717, 1.165) is 19.4 Å². The minimum absolute atomic E-state index is 0.101.